The number of sulfone groups is 1. The summed E-state index contributed by atoms with van der Waals surface area (Å²) < 4.78 is 22.3. The van der Waals surface area contributed by atoms with E-state index >= 15 is 0 Å². The maximum Gasteiger partial charge on any atom is 0.336 e. The van der Waals surface area contributed by atoms with Gasteiger partial charge in [0.05, 0.1) is 18.1 Å². The third-order valence-electron chi connectivity index (χ3n) is 1.37. The second kappa shape index (κ2) is 4.91. The molecule has 0 saturated carbocycles. The van der Waals surface area contributed by atoms with Gasteiger partial charge in [-0.15, -0.1) is 0 Å². The zero-order valence-electron chi connectivity index (χ0n) is 7.67. The monoisotopic (exact) mass is 223 g/mol. The summed E-state index contributed by atoms with van der Waals surface area (Å²) in [5, 5.41) is 6.47. The molecule has 5 N–H and O–H groups in total. The number of hydrogen-bond donors (Lipinski definition) is 3. The van der Waals surface area contributed by atoms with Gasteiger partial charge in [-0.2, -0.15) is 0 Å². The number of nitrogens with two attached hydrogens (primary N) is 2. The second-order valence-corrected chi connectivity index (χ2v) is 4.89. The number of carboxylic acid groups (broad SMARTS) is 1. The lowest BCUT2D eigenvalue weighted by Crippen LogP contribution is -2.40. The first-order valence-corrected chi connectivity index (χ1v) is 5.45. The van der Waals surface area contributed by atoms with E-state index in [1.54, 1.807) is 0 Å². The Morgan fingerprint density at radius 3 is 2.43 bits per heavy atom. The molecule has 1 atom stereocenters. The van der Waals surface area contributed by atoms with Gasteiger partial charge in [0.1, 0.15) is 0 Å². The topological polar surface area (TPSA) is 136 Å². The largest absolute Gasteiger partial charge is 0.479 e. The zero-order valence-corrected chi connectivity index (χ0v) is 8.49. The highest BCUT2D eigenvalue weighted by molar-refractivity contribution is 7.92. The molecule has 82 valence electrons. The van der Waals surface area contributed by atoms with Crippen LogP contribution >= 0.6 is 0 Å². The number of aliphatic imine (C=N–C) groups is 1. The minimum absolute atomic E-state index is 0.0777. The minimum atomic E-state index is -3.84. The quantitative estimate of drug-likeness (QED) is 0.369. The Morgan fingerprint density at radius 2 is 2.07 bits per heavy atom. The average molecular weight is 223 g/mol. The molecule has 1 unspecified atom stereocenters. The fourth-order valence-corrected chi connectivity index (χ4v) is 1.54. The number of aliphatic carboxylic acids is 1. The highest BCUT2D eigenvalue weighted by atomic mass is 32.2. The van der Waals surface area contributed by atoms with Crippen molar-refractivity contribution in [2.75, 3.05) is 12.3 Å². The average Bonchev–Trinajstić information content (AvgIpc) is 2.01. The third kappa shape index (κ3) is 4.19. The van der Waals surface area contributed by atoms with Crippen molar-refractivity contribution < 1.29 is 18.3 Å². The van der Waals surface area contributed by atoms with E-state index in [0.717, 1.165) is 0 Å². The maximum atomic E-state index is 11.1. The van der Waals surface area contributed by atoms with Crippen LogP contribution < -0.4 is 11.5 Å². The second-order valence-electron chi connectivity index (χ2n) is 2.65. The molecule has 0 fully saturated rings. The van der Waals surface area contributed by atoms with Crippen LogP contribution in [0.3, 0.4) is 0 Å². The summed E-state index contributed by atoms with van der Waals surface area (Å²) in [6.45, 7) is 1.43. The number of amidine groups is 1. The lowest BCUT2D eigenvalue weighted by atomic mass is 10.7. The molecule has 0 amide bonds. The van der Waals surface area contributed by atoms with Crippen LogP contribution in [0.5, 0.6) is 0 Å². The molecule has 0 aliphatic heterocycles. The zero-order chi connectivity index (χ0) is 11.4. The van der Waals surface area contributed by atoms with Gasteiger partial charge in [0, 0.05) is 0 Å². The summed E-state index contributed by atoms with van der Waals surface area (Å²) in [6.07, 6.45) is 0. The SMILES string of the molecule is CC(N)=NCCS(=O)(=O)C(N)C(=O)O. The van der Waals surface area contributed by atoms with Gasteiger partial charge in [0.2, 0.25) is 5.37 Å². The summed E-state index contributed by atoms with van der Waals surface area (Å²) in [5.74, 6) is -1.75. The first-order valence-electron chi connectivity index (χ1n) is 3.74. The van der Waals surface area contributed by atoms with E-state index in [0.29, 0.717) is 0 Å². The van der Waals surface area contributed by atoms with Gasteiger partial charge in [-0.1, -0.05) is 0 Å². The molecular weight excluding hydrogens is 210 g/mol. The van der Waals surface area contributed by atoms with Crippen molar-refractivity contribution in [1.29, 1.82) is 0 Å². The standard InChI is InChI=1S/C6H13N3O4S/c1-4(7)9-2-3-14(12,13)5(8)6(10)11/h5H,2-3,8H2,1H3,(H2,7,9)(H,10,11). The van der Waals surface area contributed by atoms with Crippen molar-refractivity contribution >= 4 is 21.6 Å². The Hall–Kier alpha value is -1.15. The number of carbonyl (C=O) groups is 1. The van der Waals surface area contributed by atoms with Crippen LogP contribution in [0.1, 0.15) is 6.92 Å². The summed E-state index contributed by atoms with van der Waals surface area (Å²) in [7, 11) is -3.84. The van der Waals surface area contributed by atoms with E-state index < -0.39 is 26.9 Å². The Balaban J connectivity index is 4.37. The minimum Gasteiger partial charge on any atom is -0.479 e. The number of hydrogen-bond acceptors (Lipinski definition) is 5. The van der Waals surface area contributed by atoms with E-state index in [2.05, 4.69) is 4.99 Å². The summed E-state index contributed by atoms with van der Waals surface area (Å²) in [4.78, 5) is 13.9. The maximum absolute atomic E-state index is 11.1. The molecule has 7 nitrogen and oxygen atoms in total. The molecule has 0 saturated heterocycles. The molecule has 0 spiro atoms. The molecule has 0 heterocycles. The van der Waals surface area contributed by atoms with E-state index in [1.165, 1.54) is 6.92 Å². The number of rotatable bonds is 5. The molecule has 0 rings (SSSR count). The van der Waals surface area contributed by atoms with Gasteiger partial charge in [0.15, 0.2) is 9.84 Å². The van der Waals surface area contributed by atoms with E-state index in [-0.39, 0.29) is 12.4 Å². The normalized spacial score (nSPS) is 15.1. The smallest absolute Gasteiger partial charge is 0.336 e. The van der Waals surface area contributed by atoms with Crippen LogP contribution in [0, 0.1) is 0 Å². The highest BCUT2D eigenvalue weighted by Crippen LogP contribution is 1.96. The lowest BCUT2D eigenvalue weighted by molar-refractivity contribution is -0.136. The van der Waals surface area contributed by atoms with Crippen molar-refractivity contribution in [1.82, 2.24) is 0 Å². The van der Waals surface area contributed by atoms with Crippen molar-refractivity contribution in [3.8, 4) is 0 Å². The Bertz CT molecular complexity index is 331. The van der Waals surface area contributed by atoms with Gasteiger partial charge >= 0.3 is 5.97 Å². The Morgan fingerprint density at radius 1 is 1.57 bits per heavy atom. The molecule has 0 bridgehead atoms. The molecular formula is C6H13N3O4S. The van der Waals surface area contributed by atoms with Crippen LogP contribution in [0.25, 0.3) is 0 Å². The first-order chi connectivity index (χ1) is 6.27. The van der Waals surface area contributed by atoms with Gasteiger partial charge in [-0.25, -0.2) is 13.2 Å². The molecule has 0 radical (unpaired) electrons. The lowest BCUT2D eigenvalue weighted by Gasteiger charge is -2.06. The van der Waals surface area contributed by atoms with Crippen LogP contribution in [0.2, 0.25) is 0 Å². The highest BCUT2D eigenvalue weighted by Gasteiger charge is 2.27. The van der Waals surface area contributed by atoms with Crippen molar-refractivity contribution in [2.24, 2.45) is 16.5 Å². The van der Waals surface area contributed by atoms with Gasteiger partial charge in [-0.3, -0.25) is 4.99 Å². The van der Waals surface area contributed by atoms with Gasteiger partial charge < -0.3 is 16.6 Å². The fourth-order valence-electron chi connectivity index (χ4n) is 0.630. The number of nitrogens with zero attached hydrogens (tertiary/aromatic N) is 1. The molecule has 0 aliphatic carbocycles. The molecule has 14 heavy (non-hydrogen) atoms. The van der Waals surface area contributed by atoms with Crippen LogP contribution in [-0.2, 0) is 14.6 Å². The molecule has 0 aromatic heterocycles. The van der Waals surface area contributed by atoms with Gasteiger partial charge in [-0.05, 0) is 6.92 Å². The predicted molar refractivity (Wildman–Crippen MR) is 51.6 cm³/mol. The summed E-state index contributed by atoms with van der Waals surface area (Å²) in [5.41, 5.74) is 10.1. The van der Waals surface area contributed by atoms with E-state index in [9.17, 15) is 13.2 Å². The summed E-state index contributed by atoms with van der Waals surface area (Å²) >= 11 is 0. The van der Waals surface area contributed by atoms with Crippen LogP contribution in [0.4, 0.5) is 0 Å². The van der Waals surface area contributed by atoms with Crippen molar-refractivity contribution in [2.45, 2.75) is 12.3 Å². The van der Waals surface area contributed by atoms with Crippen LogP contribution in [0.15, 0.2) is 4.99 Å². The van der Waals surface area contributed by atoms with Gasteiger partial charge in [0.25, 0.3) is 0 Å². The van der Waals surface area contributed by atoms with E-state index in [1.807, 2.05) is 0 Å². The molecule has 0 aromatic carbocycles. The Labute approximate surface area is 81.7 Å². The van der Waals surface area contributed by atoms with E-state index in [4.69, 9.17) is 16.6 Å². The fraction of sp³-hybridized carbons (Fsp3) is 0.667. The predicted octanol–water partition coefficient (Wildman–Crippen LogP) is -1.85. The summed E-state index contributed by atoms with van der Waals surface area (Å²) in [6, 6.07) is 0. The Kier molecular flexibility index (Phi) is 4.51. The van der Waals surface area contributed by atoms with Crippen molar-refractivity contribution in [3.05, 3.63) is 0 Å². The van der Waals surface area contributed by atoms with Crippen molar-refractivity contribution in [3.63, 3.8) is 0 Å². The molecule has 0 aliphatic rings. The first kappa shape index (κ1) is 12.8. The molecule has 0 aromatic rings. The number of carboxylic acids is 1. The third-order valence-corrected chi connectivity index (χ3v) is 3.09. The molecule has 8 heteroatoms. The van der Waals surface area contributed by atoms with Crippen LogP contribution in [-0.4, -0.2) is 43.0 Å².